The van der Waals surface area contributed by atoms with E-state index in [2.05, 4.69) is 5.32 Å². The number of hydrogen-bond donors (Lipinski definition) is 2. The lowest BCUT2D eigenvalue weighted by Gasteiger charge is -2.14. The highest BCUT2D eigenvalue weighted by atomic mass is 32.2. The molecule has 1 unspecified atom stereocenters. The summed E-state index contributed by atoms with van der Waals surface area (Å²) in [6.07, 6.45) is 1.19. The minimum atomic E-state index is -0.915. The van der Waals surface area contributed by atoms with E-state index < -0.39 is 23.7 Å². The van der Waals surface area contributed by atoms with E-state index in [1.54, 1.807) is 6.92 Å². The molecular weight excluding hydrogens is 284 g/mol. The van der Waals surface area contributed by atoms with Crippen LogP contribution in [-0.4, -0.2) is 58.3 Å². The Kier molecular flexibility index (Phi) is 6.50. The van der Waals surface area contributed by atoms with Gasteiger partial charge < -0.3 is 10.0 Å². The summed E-state index contributed by atoms with van der Waals surface area (Å²) in [6.45, 7) is 2.00. The van der Waals surface area contributed by atoms with E-state index >= 15 is 0 Å². The zero-order valence-electron chi connectivity index (χ0n) is 11.3. The lowest BCUT2D eigenvalue weighted by Crippen LogP contribution is -2.41. The van der Waals surface area contributed by atoms with Crippen molar-refractivity contribution in [1.29, 1.82) is 0 Å². The molecule has 1 rings (SSSR count). The minimum absolute atomic E-state index is 0.0251. The topological polar surface area (TPSA) is 104 Å². The van der Waals surface area contributed by atoms with Crippen LogP contribution in [0.15, 0.2) is 0 Å². The van der Waals surface area contributed by atoms with Gasteiger partial charge in [-0.25, -0.2) is 0 Å². The number of carboxylic acid groups (broad SMARTS) is 1. The molecule has 1 saturated heterocycles. The lowest BCUT2D eigenvalue weighted by atomic mass is 10.2. The number of carbonyl (C=O) groups excluding carboxylic acids is 3. The Balaban J connectivity index is 2.19. The fourth-order valence-electron chi connectivity index (χ4n) is 1.68. The van der Waals surface area contributed by atoms with Gasteiger partial charge in [0.1, 0.15) is 0 Å². The van der Waals surface area contributed by atoms with E-state index in [4.69, 9.17) is 5.11 Å². The van der Waals surface area contributed by atoms with Gasteiger partial charge in [-0.15, -0.1) is 0 Å². The number of likely N-dealkylation sites (tertiary alicyclic amines) is 1. The number of aliphatic carboxylic acids is 1. The van der Waals surface area contributed by atoms with Gasteiger partial charge in [0.2, 0.25) is 17.7 Å². The van der Waals surface area contributed by atoms with Gasteiger partial charge in [-0.1, -0.05) is 6.92 Å². The zero-order chi connectivity index (χ0) is 15.1. The molecule has 0 aromatic heterocycles. The van der Waals surface area contributed by atoms with E-state index in [0.29, 0.717) is 18.7 Å². The highest BCUT2D eigenvalue weighted by Gasteiger charge is 2.23. The smallest absolute Gasteiger partial charge is 0.307 e. The number of nitrogens with one attached hydrogen (secondary N) is 1. The Bertz CT molecular complexity index is 413. The average Bonchev–Trinajstić information content (AvgIpc) is 2.74. The number of hydrogen-bond acceptors (Lipinski definition) is 5. The third-order valence-electron chi connectivity index (χ3n) is 2.81. The first kappa shape index (κ1) is 16.5. The zero-order valence-corrected chi connectivity index (χ0v) is 12.1. The summed E-state index contributed by atoms with van der Waals surface area (Å²) < 4.78 is 0. The largest absolute Gasteiger partial charge is 0.481 e. The van der Waals surface area contributed by atoms with Crippen LogP contribution in [-0.2, 0) is 19.2 Å². The Labute approximate surface area is 121 Å². The second-order valence-electron chi connectivity index (χ2n) is 4.64. The molecule has 8 heteroatoms. The summed E-state index contributed by atoms with van der Waals surface area (Å²) in [4.78, 5) is 46.3. The van der Waals surface area contributed by atoms with Crippen molar-refractivity contribution in [3.63, 3.8) is 0 Å². The van der Waals surface area contributed by atoms with Crippen LogP contribution in [0.4, 0.5) is 0 Å². The fourth-order valence-corrected chi connectivity index (χ4v) is 2.55. The minimum Gasteiger partial charge on any atom is -0.481 e. The molecule has 0 radical (unpaired) electrons. The van der Waals surface area contributed by atoms with Crippen LogP contribution in [0.25, 0.3) is 0 Å². The van der Waals surface area contributed by atoms with Crippen LogP contribution in [0.1, 0.15) is 19.8 Å². The lowest BCUT2D eigenvalue weighted by molar-refractivity contribution is -0.140. The second-order valence-corrected chi connectivity index (χ2v) is 5.67. The van der Waals surface area contributed by atoms with Crippen molar-refractivity contribution in [2.24, 2.45) is 5.92 Å². The van der Waals surface area contributed by atoms with Crippen LogP contribution in [0, 0.1) is 5.92 Å². The molecule has 3 amide bonds. The van der Waals surface area contributed by atoms with Crippen LogP contribution < -0.4 is 5.32 Å². The average molecular weight is 302 g/mol. The quantitative estimate of drug-likeness (QED) is 0.669. The molecule has 1 heterocycles. The first-order valence-corrected chi connectivity index (χ1v) is 7.46. The highest BCUT2D eigenvalue weighted by molar-refractivity contribution is 7.99. The van der Waals surface area contributed by atoms with E-state index in [-0.39, 0.29) is 18.2 Å². The molecule has 0 saturated carbocycles. The molecule has 0 aromatic carbocycles. The van der Waals surface area contributed by atoms with Crippen molar-refractivity contribution in [2.75, 3.05) is 24.6 Å². The molecule has 1 aliphatic rings. The molecule has 1 atom stereocenters. The molecular formula is C12H18N2O5S. The molecule has 0 aromatic rings. The number of carboxylic acids is 1. The number of amides is 3. The SMILES string of the molecule is CC(CSCC(=O)NC(=O)CN1CCCC1=O)C(=O)O. The molecule has 7 nitrogen and oxygen atoms in total. The van der Waals surface area contributed by atoms with Gasteiger partial charge in [-0.3, -0.25) is 24.5 Å². The number of carbonyl (C=O) groups is 4. The third kappa shape index (κ3) is 5.60. The second kappa shape index (κ2) is 7.88. The Morgan fingerprint density at radius 1 is 1.40 bits per heavy atom. The molecule has 20 heavy (non-hydrogen) atoms. The fraction of sp³-hybridized carbons (Fsp3) is 0.667. The first-order chi connectivity index (χ1) is 9.40. The Morgan fingerprint density at radius 2 is 2.10 bits per heavy atom. The van der Waals surface area contributed by atoms with Crippen LogP contribution in [0.5, 0.6) is 0 Å². The molecule has 112 valence electrons. The van der Waals surface area contributed by atoms with Crippen molar-refractivity contribution < 1.29 is 24.3 Å². The molecule has 0 bridgehead atoms. The van der Waals surface area contributed by atoms with Gasteiger partial charge in [0.25, 0.3) is 0 Å². The van der Waals surface area contributed by atoms with E-state index in [1.807, 2.05) is 0 Å². The summed E-state index contributed by atoms with van der Waals surface area (Å²) >= 11 is 1.16. The maximum Gasteiger partial charge on any atom is 0.307 e. The van der Waals surface area contributed by atoms with E-state index in [0.717, 1.165) is 18.2 Å². The molecule has 0 aliphatic carbocycles. The van der Waals surface area contributed by atoms with Gasteiger partial charge >= 0.3 is 5.97 Å². The molecule has 1 fully saturated rings. The molecule has 0 spiro atoms. The van der Waals surface area contributed by atoms with Crippen LogP contribution >= 0.6 is 11.8 Å². The van der Waals surface area contributed by atoms with Crippen molar-refractivity contribution in [2.45, 2.75) is 19.8 Å². The number of nitrogens with zero attached hydrogens (tertiary/aromatic N) is 1. The van der Waals surface area contributed by atoms with Crippen LogP contribution in [0.2, 0.25) is 0 Å². The molecule has 1 aliphatic heterocycles. The Morgan fingerprint density at radius 3 is 2.65 bits per heavy atom. The van der Waals surface area contributed by atoms with Gasteiger partial charge in [0, 0.05) is 18.7 Å². The summed E-state index contributed by atoms with van der Waals surface area (Å²) in [6, 6.07) is 0. The van der Waals surface area contributed by atoms with Gasteiger partial charge in [-0.2, -0.15) is 11.8 Å². The van der Waals surface area contributed by atoms with E-state index in [1.165, 1.54) is 4.90 Å². The number of rotatable bonds is 7. The summed E-state index contributed by atoms with van der Waals surface area (Å²) in [5, 5.41) is 10.9. The maximum absolute atomic E-state index is 11.5. The first-order valence-electron chi connectivity index (χ1n) is 6.31. The number of imide groups is 1. The van der Waals surface area contributed by atoms with Crippen molar-refractivity contribution >= 4 is 35.5 Å². The summed E-state index contributed by atoms with van der Waals surface area (Å²) in [5.74, 6) is -2.16. The predicted octanol–water partition coefficient (Wildman–Crippen LogP) is -0.294. The van der Waals surface area contributed by atoms with Gasteiger partial charge in [0.15, 0.2) is 0 Å². The summed E-state index contributed by atoms with van der Waals surface area (Å²) in [7, 11) is 0. The van der Waals surface area contributed by atoms with E-state index in [9.17, 15) is 19.2 Å². The highest BCUT2D eigenvalue weighted by Crippen LogP contribution is 2.09. The number of thioether (sulfide) groups is 1. The van der Waals surface area contributed by atoms with Gasteiger partial charge in [-0.05, 0) is 6.42 Å². The normalized spacial score (nSPS) is 16.1. The van der Waals surface area contributed by atoms with Crippen molar-refractivity contribution in [3.8, 4) is 0 Å². The van der Waals surface area contributed by atoms with Crippen LogP contribution in [0.3, 0.4) is 0 Å². The van der Waals surface area contributed by atoms with Crippen molar-refractivity contribution in [3.05, 3.63) is 0 Å². The third-order valence-corrected chi connectivity index (χ3v) is 4.01. The summed E-state index contributed by atoms with van der Waals surface area (Å²) in [5.41, 5.74) is 0. The maximum atomic E-state index is 11.5. The predicted molar refractivity (Wildman–Crippen MR) is 73.1 cm³/mol. The standard InChI is InChI=1S/C12H18N2O5S/c1-8(12(18)19)6-20-7-10(16)13-9(15)5-14-4-2-3-11(14)17/h8H,2-7H2,1H3,(H,18,19)(H,13,15,16). The Hall–Kier alpha value is -1.57. The van der Waals surface area contributed by atoms with Crippen molar-refractivity contribution in [1.82, 2.24) is 10.2 Å². The molecule has 2 N–H and O–H groups in total. The monoisotopic (exact) mass is 302 g/mol. The van der Waals surface area contributed by atoms with Gasteiger partial charge in [0.05, 0.1) is 18.2 Å².